The Kier molecular flexibility index (Phi) is 27.2. The molecule has 0 aliphatic rings. The van der Waals surface area contributed by atoms with Gasteiger partial charge in [0, 0.05) is 12.8 Å². The largest absolute Gasteiger partial charge is 0.481 e. The fourth-order valence-corrected chi connectivity index (χ4v) is 4.62. The van der Waals surface area contributed by atoms with Crippen molar-refractivity contribution < 1.29 is 19.4 Å². The van der Waals surface area contributed by atoms with Crippen molar-refractivity contribution in [2.45, 2.75) is 180 Å². The molecule has 4 heteroatoms. The summed E-state index contributed by atoms with van der Waals surface area (Å²) in [6, 6.07) is 0. The lowest BCUT2D eigenvalue weighted by Crippen LogP contribution is -2.16. The molecular formula is C32H60O4. The van der Waals surface area contributed by atoms with Gasteiger partial charge < -0.3 is 9.84 Å². The second-order valence-electron chi connectivity index (χ2n) is 10.6. The zero-order chi connectivity index (χ0) is 26.5. The van der Waals surface area contributed by atoms with E-state index in [1.54, 1.807) is 0 Å². The number of allylic oxidation sites excluding steroid dienone is 1. The van der Waals surface area contributed by atoms with Crippen molar-refractivity contribution in [3.05, 3.63) is 12.2 Å². The van der Waals surface area contributed by atoms with Gasteiger partial charge in [0.05, 0.1) is 0 Å². The average Bonchev–Trinajstić information content (AvgIpc) is 2.85. The molecule has 0 heterocycles. The van der Waals surface area contributed by atoms with Gasteiger partial charge in [0.1, 0.15) is 6.10 Å². The molecule has 0 amide bonds. The van der Waals surface area contributed by atoms with E-state index in [4.69, 9.17) is 9.84 Å². The Morgan fingerprint density at radius 1 is 0.611 bits per heavy atom. The smallest absolute Gasteiger partial charge is 0.306 e. The molecule has 0 aliphatic carbocycles. The van der Waals surface area contributed by atoms with E-state index in [0.29, 0.717) is 6.42 Å². The first-order valence-electron chi connectivity index (χ1n) is 15.7. The van der Waals surface area contributed by atoms with Gasteiger partial charge in [-0.05, 0) is 44.6 Å². The predicted octanol–water partition coefficient (Wildman–Crippen LogP) is 10.3. The number of hydrogen-bond acceptors (Lipinski definition) is 3. The summed E-state index contributed by atoms with van der Waals surface area (Å²) in [4.78, 5) is 23.0. The van der Waals surface area contributed by atoms with Crippen LogP contribution in [0.2, 0.25) is 0 Å². The van der Waals surface area contributed by atoms with E-state index >= 15 is 0 Å². The minimum absolute atomic E-state index is 0.0415. The Labute approximate surface area is 224 Å². The van der Waals surface area contributed by atoms with Gasteiger partial charge in [-0.2, -0.15) is 0 Å². The standard InChI is InChI=1S/C32H60O4/c1-3-5-7-9-11-13-14-18-22-26-30(27-23-19-16-17-20-24-28-31(33)34)36-32(35)29-25-21-15-12-10-8-6-4-2/h22,26,30H,3-21,23-25,27-29H2,1-2H3,(H,33,34)/b26-22-. The molecule has 0 aliphatic heterocycles. The van der Waals surface area contributed by atoms with Crippen LogP contribution in [0.15, 0.2) is 12.2 Å². The Bertz CT molecular complexity index is 514. The van der Waals surface area contributed by atoms with Gasteiger partial charge >= 0.3 is 11.9 Å². The van der Waals surface area contributed by atoms with Crippen molar-refractivity contribution >= 4 is 11.9 Å². The predicted molar refractivity (Wildman–Crippen MR) is 153 cm³/mol. The van der Waals surface area contributed by atoms with Crippen LogP contribution in [0.1, 0.15) is 174 Å². The first-order valence-corrected chi connectivity index (χ1v) is 15.7. The van der Waals surface area contributed by atoms with Crippen molar-refractivity contribution in [1.29, 1.82) is 0 Å². The van der Waals surface area contributed by atoms with Gasteiger partial charge in [-0.15, -0.1) is 0 Å². The van der Waals surface area contributed by atoms with Crippen molar-refractivity contribution in [3.63, 3.8) is 0 Å². The van der Waals surface area contributed by atoms with Crippen LogP contribution in [0.5, 0.6) is 0 Å². The fraction of sp³-hybridized carbons (Fsp3) is 0.875. The van der Waals surface area contributed by atoms with Crippen LogP contribution < -0.4 is 0 Å². The van der Waals surface area contributed by atoms with Gasteiger partial charge in [0.15, 0.2) is 0 Å². The minimum atomic E-state index is -0.699. The highest BCUT2D eigenvalue weighted by molar-refractivity contribution is 5.69. The molecule has 0 rings (SSSR count). The molecule has 0 bridgehead atoms. The van der Waals surface area contributed by atoms with E-state index in [2.05, 4.69) is 26.0 Å². The van der Waals surface area contributed by atoms with Crippen LogP contribution in [-0.2, 0) is 14.3 Å². The number of carbonyl (C=O) groups is 2. The summed E-state index contributed by atoms with van der Waals surface area (Å²) in [5.74, 6) is -0.741. The molecule has 4 nitrogen and oxygen atoms in total. The van der Waals surface area contributed by atoms with E-state index in [-0.39, 0.29) is 18.5 Å². The molecule has 36 heavy (non-hydrogen) atoms. The van der Waals surface area contributed by atoms with E-state index in [1.165, 1.54) is 83.5 Å². The second kappa shape index (κ2) is 28.3. The fourth-order valence-electron chi connectivity index (χ4n) is 4.62. The van der Waals surface area contributed by atoms with Crippen LogP contribution in [0.4, 0.5) is 0 Å². The van der Waals surface area contributed by atoms with Crippen LogP contribution in [0.25, 0.3) is 0 Å². The Hall–Kier alpha value is -1.32. The molecule has 0 saturated heterocycles. The Balaban J connectivity index is 4.16. The summed E-state index contributed by atoms with van der Waals surface area (Å²) in [6.45, 7) is 4.50. The number of carbonyl (C=O) groups excluding carboxylic acids is 1. The maximum Gasteiger partial charge on any atom is 0.306 e. The number of carboxylic acids is 1. The van der Waals surface area contributed by atoms with E-state index in [0.717, 1.165) is 64.2 Å². The third-order valence-corrected chi connectivity index (χ3v) is 6.97. The lowest BCUT2D eigenvalue weighted by molar-refractivity contribution is -0.147. The molecule has 0 aromatic rings. The molecule has 0 aromatic heterocycles. The molecule has 0 radical (unpaired) electrons. The van der Waals surface area contributed by atoms with E-state index in [9.17, 15) is 9.59 Å². The normalized spacial score (nSPS) is 12.3. The molecule has 0 fully saturated rings. The van der Waals surface area contributed by atoms with Crippen molar-refractivity contribution in [3.8, 4) is 0 Å². The summed E-state index contributed by atoms with van der Waals surface area (Å²) < 4.78 is 5.86. The van der Waals surface area contributed by atoms with Crippen molar-refractivity contribution in [1.82, 2.24) is 0 Å². The average molecular weight is 509 g/mol. The SMILES string of the molecule is CCCCCCCCC/C=C\C(CCCCCCCCC(=O)O)OC(=O)CCCCCCCCCC. The lowest BCUT2D eigenvalue weighted by atomic mass is 10.0. The molecule has 212 valence electrons. The number of ether oxygens (including phenoxy) is 1. The molecular weight excluding hydrogens is 448 g/mol. The van der Waals surface area contributed by atoms with Crippen LogP contribution in [0.3, 0.4) is 0 Å². The first kappa shape index (κ1) is 34.7. The molecule has 0 spiro atoms. The van der Waals surface area contributed by atoms with Gasteiger partial charge in [-0.3, -0.25) is 9.59 Å². The summed E-state index contributed by atoms with van der Waals surface area (Å²) in [7, 11) is 0. The number of esters is 1. The summed E-state index contributed by atoms with van der Waals surface area (Å²) in [6.07, 6.45) is 32.3. The topological polar surface area (TPSA) is 63.6 Å². The molecule has 1 atom stereocenters. The third-order valence-electron chi connectivity index (χ3n) is 6.97. The maximum atomic E-state index is 12.4. The second-order valence-corrected chi connectivity index (χ2v) is 10.6. The molecule has 0 aromatic carbocycles. The summed E-state index contributed by atoms with van der Waals surface area (Å²) in [5, 5.41) is 8.72. The molecule has 1 N–H and O–H groups in total. The highest BCUT2D eigenvalue weighted by atomic mass is 16.5. The first-order chi connectivity index (χ1) is 17.6. The quantitative estimate of drug-likeness (QED) is 0.0648. The monoisotopic (exact) mass is 508 g/mol. The van der Waals surface area contributed by atoms with Crippen LogP contribution in [0, 0.1) is 0 Å². The summed E-state index contributed by atoms with van der Waals surface area (Å²) >= 11 is 0. The number of aliphatic carboxylic acids is 1. The van der Waals surface area contributed by atoms with Crippen LogP contribution >= 0.6 is 0 Å². The third kappa shape index (κ3) is 27.3. The van der Waals surface area contributed by atoms with E-state index in [1.807, 2.05) is 0 Å². The zero-order valence-electron chi connectivity index (χ0n) is 24.1. The highest BCUT2D eigenvalue weighted by Gasteiger charge is 2.11. The van der Waals surface area contributed by atoms with Gasteiger partial charge in [-0.25, -0.2) is 0 Å². The van der Waals surface area contributed by atoms with Crippen LogP contribution in [-0.4, -0.2) is 23.1 Å². The molecule has 1 unspecified atom stereocenters. The Morgan fingerprint density at radius 3 is 1.58 bits per heavy atom. The number of unbranched alkanes of at least 4 members (excludes halogenated alkanes) is 19. The van der Waals surface area contributed by atoms with Crippen molar-refractivity contribution in [2.75, 3.05) is 0 Å². The van der Waals surface area contributed by atoms with E-state index < -0.39 is 5.97 Å². The van der Waals surface area contributed by atoms with Crippen molar-refractivity contribution in [2.24, 2.45) is 0 Å². The van der Waals surface area contributed by atoms with Gasteiger partial charge in [0.2, 0.25) is 0 Å². The lowest BCUT2D eigenvalue weighted by Gasteiger charge is -2.15. The van der Waals surface area contributed by atoms with Gasteiger partial charge in [-0.1, -0.05) is 129 Å². The number of hydrogen-bond donors (Lipinski definition) is 1. The number of carboxylic acid groups (broad SMARTS) is 1. The van der Waals surface area contributed by atoms with Gasteiger partial charge in [0.25, 0.3) is 0 Å². The number of rotatable bonds is 28. The summed E-state index contributed by atoms with van der Waals surface area (Å²) in [5.41, 5.74) is 0. The Morgan fingerprint density at radius 2 is 1.06 bits per heavy atom. The maximum absolute atomic E-state index is 12.4. The molecule has 0 saturated carbocycles. The minimum Gasteiger partial charge on any atom is -0.481 e. The zero-order valence-corrected chi connectivity index (χ0v) is 24.1. The highest BCUT2D eigenvalue weighted by Crippen LogP contribution is 2.16.